The lowest BCUT2D eigenvalue weighted by Crippen LogP contribution is -2.26. The minimum Gasteiger partial charge on any atom is -0.356 e. The Hall–Kier alpha value is -0.610. The van der Waals surface area contributed by atoms with Crippen LogP contribution in [0, 0.1) is 0 Å². The average molecular weight is 261 g/mol. The Balaban J connectivity index is 2.23. The van der Waals surface area contributed by atoms with E-state index in [1.807, 2.05) is 5.38 Å². The Labute approximate surface area is 105 Å². The van der Waals surface area contributed by atoms with Gasteiger partial charge in [-0.15, -0.1) is 22.9 Å². The fourth-order valence-corrected chi connectivity index (χ4v) is 2.32. The molecule has 0 unspecified atom stereocenters. The number of thiazole rings is 1. The summed E-state index contributed by atoms with van der Waals surface area (Å²) in [6.07, 6.45) is 3.75. The number of halogens is 1. The van der Waals surface area contributed by atoms with Crippen molar-refractivity contribution in [2.24, 2.45) is 0 Å². The standard InChI is InChI=1S/C11H17ClN2OS/c1-2-3-4-5-13-10(15)6-11-14-9(7-12)8-16-11/h8H,2-7H2,1H3,(H,13,15). The summed E-state index contributed by atoms with van der Waals surface area (Å²) in [5, 5.41) is 5.62. The van der Waals surface area contributed by atoms with E-state index in [1.54, 1.807) is 0 Å². The van der Waals surface area contributed by atoms with Crippen molar-refractivity contribution >= 4 is 28.8 Å². The van der Waals surface area contributed by atoms with E-state index in [1.165, 1.54) is 17.8 Å². The zero-order valence-electron chi connectivity index (χ0n) is 9.46. The van der Waals surface area contributed by atoms with Gasteiger partial charge in [-0.1, -0.05) is 19.8 Å². The smallest absolute Gasteiger partial charge is 0.226 e. The molecule has 0 fully saturated rings. The Morgan fingerprint density at radius 3 is 3.00 bits per heavy atom. The van der Waals surface area contributed by atoms with Crippen molar-refractivity contribution in [3.63, 3.8) is 0 Å². The molecule has 16 heavy (non-hydrogen) atoms. The van der Waals surface area contributed by atoms with Gasteiger partial charge in [0.2, 0.25) is 5.91 Å². The van der Waals surface area contributed by atoms with E-state index in [0.717, 1.165) is 30.1 Å². The van der Waals surface area contributed by atoms with Crippen molar-refractivity contribution in [1.29, 1.82) is 0 Å². The molecule has 0 aliphatic heterocycles. The Kier molecular flexibility index (Phi) is 6.42. The van der Waals surface area contributed by atoms with E-state index in [4.69, 9.17) is 11.6 Å². The molecule has 0 aliphatic rings. The summed E-state index contributed by atoms with van der Waals surface area (Å²) in [6.45, 7) is 2.91. The third-order valence-corrected chi connectivity index (χ3v) is 3.32. The molecule has 1 N–H and O–H groups in total. The number of unbranched alkanes of at least 4 members (excludes halogenated alkanes) is 2. The molecule has 0 saturated carbocycles. The van der Waals surface area contributed by atoms with Gasteiger partial charge in [-0.2, -0.15) is 0 Å². The van der Waals surface area contributed by atoms with Crippen LogP contribution in [-0.4, -0.2) is 17.4 Å². The molecule has 0 spiro atoms. The maximum atomic E-state index is 11.5. The van der Waals surface area contributed by atoms with Crippen molar-refractivity contribution in [3.8, 4) is 0 Å². The van der Waals surface area contributed by atoms with Crippen molar-refractivity contribution < 1.29 is 4.79 Å². The highest BCUT2D eigenvalue weighted by Gasteiger charge is 2.06. The molecular formula is C11H17ClN2OS. The van der Waals surface area contributed by atoms with E-state index in [-0.39, 0.29) is 5.91 Å². The Morgan fingerprint density at radius 1 is 1.56 bits per heavy atom. The lowest BCUT2D eigenvalue weighted by Gasteiger charge is -2.02. The first-order valence-corrected chi connectivity index (χ1v) is 6.93. The maximum absolute atomic E-state index is 11.5. The number of nitrogens with one attached hydrogen (secondary N) is 1. The summed E-state index contributed by atoms with van der Waals surface area (Å²) < 4.78 is 0. The summed E-state index contributed by atoms with van der Waals surface area (Å²) in [7, 11) is 0. The SMILES string of the molecule is CCCCCNC(=O)Cc1nc(CCl)cs1. The summed E-state index contributed by atoms with van der Waals surface area (Å²) in [5.41, 5.74) is 0.848. The molecule has 5 heteroatoms. The number of carbonyl (C=O) groups excluding carboxylic acids is 1. The summed E-state index contributed by atoms with van der Waals surface area (Å²) >= 11 is 7.13. The highest BCUT2D eigenvalue weighted by Crippen LogP contribution is 2.11. The molecule has 0 radical (unpaired) electrons. The normalized spacial score (nSPS) is 10.4. The van der Waals surface area contributed by atoms with Gasteiger partial charge in [0.25, 0.3) is 0 Å². The predicted octanol–water partition coefficient (Wildman–Crippen LogP) is 2.73. The molecule has 1 rings (SSSR count). The first kappa shape index (κ1) is 13.5. The summed E-state index contributed by atoms with van der Waals surface area (Å²) in [4.78, 5) is 15.7. The third-order valence-electron chi connectivity index (χ3n) is 2.15. The van der Waals surface area contributed by atoms with Crippen LogP contribution in [0.15, 0.2) is 5.38 Å². The molecule has 90 valence electrons. The molecule has 1 heterocycles. The second-order valence-electron chi connectivity index (χ2n) is 3.60. The second-order valence-corrected chi connectivity index (χ2v) is 4.81. The van der Waals surface area contributed by atoms with Gasteiger partial charge in [-0.25, -0.2) is 4.98 Å². The van der Waals surface area contributed by atoms with Crippen molar-refractivity contribution in [1.82, 2.24) is 10.3 Å². The van der Waals surface area contributed by atoms with Crippen LogP contribution >= 0.6 is 22.9 Å². The van der Waals surface area contributed by atoms with Gasteiger partial charge >= 0.3 is 0 Å². The molecular weight excluding hydrogens is 244 g/mol. The summed E-state index contributed by atoms with van der Waals surface area (Å²) in [5.74, 6) is 0.459. The maximum Gasteiger partial charge on any atom is 0.226 e. The van der Waals surface area contributed by atoms with Crippen molar-refractivity contribution in [3.05, 3.63) is 16.1 Å². The van der Waals surface area contributed by atoms with Crippen LogP contribution in [0.5, 0.6) is 0 Å². The zero-order chi connectivity index (χ0) is 11.8. The van der Waals surface area contributed by atoms with Crippen LogP contribution in [0.2, 0.25) is 0 Å². The fraction of sp³-hybridized carbons (Fsp3) is 0.636. The first-order valence-electron chi connectivity index (χ1n) is 5.52. The van der Waals surface area contributed by atoms with Crippen molar-refractivity contribution in [2.75, 3.05) is 6.54 Å². The number of nitrogens with zero attached hydrogens (tertiary/aromatic N) is 1. The zero-order valence-corrected chi connectivity index (χ0v) is 11.0. The predicted molar refractivity (Wildman–Crippen MR) is 67.9 cm³/mol. The molecule has 1 aromatic rings. The van der Waals surface area contributed by atoms with E-state index < -0.39 is 0 Å². The van der Waals surface area contributed by atoms with Gasteiger partial charge in [-0.05, 0) is 6.42 Å². The van der Waals surface area contributed by atoms with Crippen LogP contribution in [0.3, 0.4) is 0 Å². The average Bonchev–Trinajstić information content (AvgIpc) is 2.72. The molecule has 0 bridgehead atoms. The van der Waals surface area contributed by atoms with E-state index >= 15 is 0 Å². The van der Waals surface area contributed by atoms with Crippen LogP contribution in [-0.2, 0) is 17.1 Å². The largest absolute Gasteiger partial charge is 0.356 e. The van der Waals surface area contributed by atoms with Gasteiger partial charge in [-0.3, -0.25) is 4.79 Å². The van der Waals surface area contributed by atoms with Gasteiger partial charge < -0.3 is 5.32 Å². The fourth-order valence-electron chi connectivity index (χ4n) is 1.29. The van der Waals surface area contributed by atoms with E-state index in [0.29, 0.717) is 12.3 Å². The second kappa shape index (κ2) is 7.63. The molecule has 0 aliphatic carbocycles. The van der Waals surface area contributed by atoms with Crippen LogP contribution < -0.4 is 5.32 Å². The molecule has 1 amide bonds. The lowest BCUT2D eigenvalue weighted by atomic mass is 10.2. The number of carbonyl (C=O) groups is 1. The van der Waals surface area contributed by atoms with Crippen LogP contribution in [0.25, 0.3) is 0 Å². The molecule has 3 nitrogen and oxygen atoms in total. The molecule has 0 saturated heterocycles. The highest BCUT2D eigenvalue weighted by molar-refractivity contribution is 7.09. The lowest BCUT2D eigenvalue weighted by molar-refractivity contribution is -0.120. The number of aromatic nitrogens is 1. The number of hydrogen-bond donors (Lipinski definition) is 1. The number of hydrogen-bond acceptors (Lipinski definition) is 3. The van der Waals surface area contributed by atoms with Crippen molar-refractivity contribution in [2.45, 2.75) is 38.5 Å². The number of alkyl halides is 1. The quantitative estimate of drug-likeness (QED) is 0.605. The van der Waals surface area contributed by atoms with E-state index in [9.17, 15) is 4.79 Å². The van der Waals surface area contributed by atoms with E-state index in [2.05, 4.69) is 17.2 Å². The summed E-state index contributed by atoms with van der Waals surface area (Å²) in [6, 6.07) is 0. The van der Waals surface area contributed by atoms with Gasteiger partial charge in [0.05, 0.1) is 18.0 Å². The highest BCUT2D eigenvalue weighted by atomic mass is 35.5. The molecule has 1 aromatic heterocycles. The van der Waals surface area contributed by atoms with Gasteiger partial charge in [0.1, 0.15) is 5.01 Å². The minimum atomic E-state index is 0.0478. The van der Waals surface area contributed by atoms with Gasteiger partial charge in [0, 0.05) is 11.9 Å². The van der Waals surface area contributed by atoms with Gasteiger partial charge in [0.15, 0.2) is 0 Å². The first-order chi connectivity index (χ1) is 7.76. The van der Waals surface area contributed by atoms with Crippen LogP contribution in [0.4, 0.5) is 0 Å². The third kappa shape index (κ3) is 4.94. The monoisotopic (exact) mass is 260 g/mol. The topological polar surface area (TPSA) is 42.0 Å². The minimum absolute atomic E-state index is 0.0478. The molecule has 0 aromatic carbocycles. The number of amides is 1. The Morgan fingerprint density at radius 2 is 2.38 bits per heavy atom. The van der Waals surface area contributed by atoms with Crippen LogP contribution in [0.1, 0.15) is 36.9 Å². The molecule has 0 atom stereocenters. The number of rotatable bonds is 7. The Bertz CT molecular complexity index is 328.